The third-order valence-electron chi connectivity index (χ3n) is 3.73. The zero-order valence-electron chi connectivity index (χ0n) is 12.4. The monoisotopic (exact) mass is 291 g/mol. The lowest BCUT2D eigenvalue weighted by atomic mass is 10.2. The van der Waals surface area contributed by atoms with Crippen molar-refractivity contribution in [2.75, 3.05) is 25.0 Å². The van der Waals surface area contributed by atoms with Crippen molar-refractivity contribution in [1.82, 2.24) is 9.88 Å². The number of hydrogen-bond donors (Lipinski definition) is 1. The summed E-state index contributed by atoms with van der Waals surface area (Å²) >= 11 is 6.01. The van der Waals surface area contributed by atoms with E-state index in [0.29, 0.717) is 6.04 Å². The molecule has 0 radical (unpaired) electrons. The molecule has 0 fully saturated rings. The lowest BCUT2D eigenvalue weighted by Crippen LogP contribution is -2.37. The SMILES string of the molecule is CCN(CC)[C@H](C)CNc1ccnc2cc(Cl)ccc12. The van der Waals surface area contributed by atoms with E-state index in [9.17, 15) is 0 Å². The van der Waals surface area contributed by atoms with Crippen LogP contribution in [0.5, 0.6) is 0 Å². The first-order valence-corrected chi connectivity index (χ1v) is 7.55. The number of halogens is 1. The van der Waals surface area contributed by atoms with E-state index in [1.54, 1.807) is 0 Å². The van der Waals surface area contributed by atoms with Crippen molar-refractivity contribution in [3.8, 4) is 0 Å². The Morgan fingerprint density at radius 2 is 2.00 bits per heavy atom. The van der Waals surface area contributed by atoms with Gasteiger partial charge in [-0.05, 0) is 44.3 Å². The van der Waals surface area contributed by atoms with E-state index in [-0.39, 0.29) is 0 Å². The molecular weight excluding hydrogens is 270 g/mol. The zero-order chi connectivity index (χ0) is 14.5. The molecule has 0 spiro atoms. The second kappa shape index (κ2) is 6.91. The molecule has 0 aliphatic rings. The highest BCUT2D eigenvalue weighted by Crippen LogP contribution is 2.24. The molecule has 1 aromatic heterocycles. The van der Waals surface area contributed by atoms with Gasteiger partial charge in [-0.1, -0.05) is 25.4 Å². The molecule has 4 heteroatoms. The Balaban J connectivity index is 2.14. The van der Waals surface area contributed by atoms with Gasteiger partial charge in [0.1, 0.15) is 0 Å². The molecule has 0 unspecified atom stereocenters. The largest absolute Gasteiger partial charge is 0.383 e. The second-order valence-electron chi connectivity index (χ2n) is 4.97. The van der Waals surface area contributed by atoms with E-state index >= 15 is 0 Å². The Hall–Kier alpha value is -1.32. The van der Waals surface area contributed by atoms with Crippen LogP contribution in [0.2, 0.25) is 5.02 Å². The van der Waals surface area contributed by atoms with Gasteiger partial charge in [-0.25, -0.2) is 0 Å². The summed E-state index contributed by atoms with van der Waals surface area (Å²) in [5, 5.41) is 5.37. The molecule has 3 nitrogen and oxygen atoms in total. The molecule has 2 rings (SSSR count). The molecule has 0 aliphatic carbocycles. The van der Waals surface area contributed by atoms with Gasteiger partial charge in [-0.3, -0.25) is 9.88 Å². The zero-order valence-corrected chi connectivity index (χ0v) is 13.1. The predicted molar refractivity (Wildman–Crippen MR) is 87.6 cm³/mol. The number of nitrogens with zero attached hydrogens (tertiary/aromatic N) is 2. The van der Waals surface area contributed by atoms with Crippen LogP contribution >= 0.6 is 11.6 Å². The summed E-state index contributed by atoms with van der Waals surface area (Å²) in [7, 11) is 0. The van der Waals surface area contributed by atoms with Gasteiger partial charge in [0.15, 0.2) is 0 Å². The molecule has 1 atom stereocenters. The number of nitrogens with one attached hydrogen (secondary N) is 1. The molecule has 0 amide bonds. The highest BCUT2D eigenvalue weighted by Gasteiger charge is 2.10. The maximum Gasteiger partial charge on any atom is 0.0737 e. The van der Waals surface area contributed by atoms with Crippen LogP contribution in [0.15, 0.2) is 30.5 Å². The minimum absolute atomic E-state index is 0.500. The second-order valence-corrected chi connectivity index (χ2v) is 5.41. The highest BCUT2D eigenvalue weighted by atomic mass is 35.5. The van der Waals surface area contributed by atoms with Gasteiger partial charge < -0.3 is 5.32 Å². The van der Waals surface area contributed by atoms with Crippen molar-refractivity contribution in [3.05, 3.63) is 35.5 Å². The van der Waals surface area contributed by atoms with Crippen LogP contribution < -0.4 is 5.32 Å². The van der Waals surface area contributed by atoms with Crippen molar-refractivity contribution in [3.63, 3.8) is 0 Å². The lowest BCUT2D eigenvalue weighted by Gasteiger charge is -2.27. The molecule has 2 aromatic rings. The van der Waals surface area contributed by atoms with Gasteiger partial charge in [-0.15, -0.1) is 0 Å². The minimum Gasteiger partial charge on any atom is -0.383 e. The molecule has 1 heterocycles. The Labute approximate surface area is 126 Å². The van der Waals surface area contributed by atoms with Crippen molar-refractivity contribution in [2.24, 2.45) is 0 Å². The van der Waals surface area contributed by atoms with Gasteiger partial charge >= 0.3 is 0 Å². The third kappa shape index (κ3) is 3.41. The molecule has 20 heavy (non-hydrogen) atoms. The average molecular weight is 292 g/mol. The van der Waals surface area contributed by atoms with Gasteiger partial charge in [0.2, 0.25) is 0 Å². The van der Waals surface area contributed by atoms with Gasteiger partial charge in [0.05, 0.1) is 5.52 Å². The fourth-order valence-corrected chi connectivity index (χ4v) is 2.68. The first-order valence-electron chi connectivity index (χ1n) is 7.17. The van der Waals surface area contributed by atoms with Crippen molar-refractivity contribution in [1.29, 1.82) is 0 Å². The summed E-state index contributed by atoms with van der Waals surface area (Å²) in [6.07, 6.45) is 1.82. The number of hydrogen-bond acceptors (Lipinski definition) is 3. The van der Waals surface area contributed by atoms with Crippen molar-refractivity contribution >= 4 is 28.2 Å². The maximum atomic E-state index is 6.01. The Kier molecular flexibility index (Phi) is 5.21. The third-order valence-corrected chi connectivity index (χ3v) is 3.96. The number of pyridine rings is 1. The van der Waals surface area contributed by atoms with Crippen LogP contribution in [0.25, 0.3) is 10.9 Å². The standard InChI is InChI=1S/C16H22ClN3/c1-4-20(5-2)12(3)11-19-15-8-9-18-16-10-13(17)6-7-14(15)16/h6-10,12H,4-5,11H2,1-3H3,(H,18,19)/t12-/m1/s1. The van der Waals surface area contributed by atoms with E-state index in [2.05, 4.69) is 36.0 Å². The van der Waals surface area contributed by atoms with Crippen LogP contribution in [0.3, 0.4) is 0 Å². The molecule has 0 bridgehead atoms. The smallest absolute Gasteiger partial charge is 0.0737 e. The topological polar surface area (TPSA) is 28.2 Å². The van der Waals surface area contributed by atoms with Gasteiger partial charge in [0, 0.05) is 34.9 Å². The summed E-state index contributed by atoms with van der Waals surface area (Å²) in [6, 6.07) is 8.35. The van der Waals surface area contributed by atoms with Crippen LogP contribution in [0.1, 0.15) is 20.8 Å². The highest BCUT2D eigenvalue weighted by molar-refractivity contribution is 6.31. The summed E-state index contributed by atoms with van der Waals surface area (Å²) in [4.78, 5) is 6.80. The first kappa shape index (κ1) is 15.1. The van der Waals surface area contributed by atoms with Crippen molar-refractivity contribution in [2.45, 2.75) is 26.8 Å². The van der Waals surface area contributed by atoms with Gasteiger partial charge in [0.25, 0.3) is 0 Å². The number of benzene rings is 1. The number of likely N-dealkylation sites (N-methyl/N-ethyl adjacent to an activating group) is 1. The lowest BCUT2D eigenvalue weighted by molar-refractivity contribution is 0.240. The fraction of sp³-hybridized carbons (Fsp3) is 0.438. The maximum absolute atomic E-state index is 6.01. The number of rotatable bonds is 6. The predicted octanol–water partition coefficient (Wildman–Crippen LogP) is 4.03. The normalized spacial score (nSPS) is 12.8. The molecule has 1 N–H and O–H groups in total. The quantitative estimate of drug-likeness (QED) is 0.871. The fourth-order valence-electron chi connectivity index (χ4n) is 2.51. The van der Waals surface area contributed by atoms with E-state index < -0.39 is 0 Å². The molecule has 0 saturated carbocycles. The summed E-state index contributed by atoms with van der Waals surface area (Å²) in [6.45, 7) is 9.72. The summed E-state index contributed by atoms with van der Waals surface area (Å²) in [5.41, 5.74) is 2.05. The van der Waals surface area contributed by atoms with Crippen LogP contribution in [0.4, 0.5) is 5.69 Å². The van der Waals surface area contributed by atoms with Gasteiger partial charge in [-0.2, -0.15) is 0 Å². The number of aromatic nitrogens is 1. The minimum atomic E-state index is 0.500. The summed E-state index contributed by atoms with van der Waals surface area (Å²) in [5.74, 6) is 0. The Bertz CT molecular complexity index is 567. The van der Waals surface area contributed by atoms with E-state index in [1.807, 2.05) is 30.5 Å². The van der Waals surface area contributed by atoms with E-state index in [0.717, 1.165) is 41.2 Å². The van der Waals surface area contributed by atoms with Crippen molar-refractivity contribution < 1.29 is 0 Å². The number of anilines is 1. The Morgan fingerprint density at radius 3 is 2.70 bits per heavy atom. The van der Waals surface area contributed by atoms with Crippen LogP contribution in [0, 0.1) is 0 Å². The first-order chi connectivity index (χ1) is 9.65. The molecule has 1 aromatic carbocycles. The van der Waals surface area contributed by atoms with E-state index in [1.165, 1.54) is 0 Å². The summed E-state index contributed by atoms with van der Waals surface area (Å²) < 4.78 is 0. The number of fused-ring (bicyclic) bond motifs is 1. The average Bonchev–Trinajstić information content (AvgIpc) is 2.45. The molecular formula is C16H22ClN3. The Morgan fingerprint density at radius 1 is 1.25 bits per heavy atom. The molecule has 0 aliphatic heterocycles. The molecule has 0 saturated heterocycles. The molecule has 108 valence electrons. The van der Waals surface area contributed by atoms with E-state index in [4.69, 9.17) is 11.6 Å². The van der Waals surface area contributed by atoms with Crippen LogP contribution in [-0.2, 0) is 0 Å². The van der Waals surface area contributed by atoms with Crippen LogP contribution in [-0.4, -0.2) is 35.6 Å².